The van der Waals surface area contributed by atoms with Crippen LogP contribution in [-0.4, -0.2) is 31.1 Å². The molecule has 10 nitrogen and oxygen atoms in total. The van der Waals surface area contributed by atoms with Gasteiger partial charge in [0.05, 0.1) is 10.6 Å². The third-order valence-electron chi connectivity index (χ3n) is 2.16. The average molecular weight is 264 g/mol. The number of nitrogens with zero attached hydrogens (tertiary/aromatic N) is 3. The number of nitrogens with one attached hydrogen (secondary N) is 2. The molecular formula is C9H8N6O4. The van der Waals surface area contributed by atoms with Crippen molar-refractivity contribution in [2.75, 3.05) is 11.1 Å². The highest BCUT2D eigenvalue weighted by atomic mass is 16.6. The molecule has 0 spiro atoms. The normalized spacial score (nSPS) is 10.1. The Morgan fingerprint density at radius 3 is 2.84 bits per heavy atom. The van der Waals surface area contributed by atoms with E-state index in [4.69, 9.17) is 5.73 Å². The first-order valence-electron chi connectivity index (χ1n) is 4.94. The molecule has 0 aliphatic heterocycles. The Labute approximate surface area is 105 Å². The van der Waals surface area contributed by atoms with E-state index < -0.39 is 10.8 Å². The number of hydrogen-bond donors (Lipinski definition) is 4. The summed E-state index contributed by atoms with van der Waals surface area (Å²) in [6.07, 6.45) is 0. The number of phenolic OH excluding ortho intramolecular Hbond substituents is 1. The first kappa shape index (κ1) is 12.3. The number of rotatable bonds is 3. The number of H-pyrrole nitrogens is 1. The van der Waals surface area contributed by atoms with E-state index in [-0.39, 0.29) is 28.9 Å². The lowest BCUT2D eigenvalue weighted by atomic mass is 10.2. The highest BCUT2D eigenvalue weighted by Gasteiger charge is 2.15. The molecule has 0 radical (unpaired) electrons. The summed E-state index contributed by atoms with van der Waals surface area (Å²) in [5.41, 5.74) is 4.84. The van der Waals surface area contributed by atoms with Gasteiger partial charge in [0, 0.05) is 12.1 Å². The van der Waals surface area contributed by atoms with Gasteiger partial charge in [0.25, 0.3) is 11.6 Å². The van der Waals surface area contributed by atoms with Crippen LogP contribution >= 0.6 is 0 Å². The molecule has 0 aliphatic carbocycles. The third-order valence-corrected chi connectivity index (χ3v) is 2.16. The summed E-state index contributed by atoms with van der Waals surface area (Å²) in [5, 5.41) is 28.1. The second-order valence-corrected chi connectivity index (χ2v) is 3.45. The maximum absolute atomic E-state index is 11.7. The number of phenols is 1. The third kappa shape index (κ3) is 2.57. The highest BCUT2D eigenvalue weighted by Crippen LogP contribution is 2.27. The number of nitro benzene ring substituents is 1. The van der Waals surface area contributed by atoms with E-state index in [0.29, 0.717) is 0 Å². The van der Waals surface area contributed by atoms with Gasteiger partial charge in [0.1, 0.15) is 5.75 Å². The molecule has 1 aromatic carbocycles. The van der Waals surface area contributed by atoms with Gasteiger partial charge >= 0.3 is 0 Å². The van der Waals surface area contributed by atoms with Gasteiger partial charge in [-0.15, -0.1) is 5.10 Å². The predicted molar refractivity (Wildman–Crippen MR) is 63.5 cm³/mol. The van der Waals surface area contributed by atoms with Crippen molar-refractivity contribution in [1.29, 1.82) is 0 Å². The Morgan fingerprint density at radius 1 is 1.53 bits per heavy atom. The fraction of sp³-hybridized carbons (Fsp3) is 0. The van der Waals surface area contributed by atoms with Gasteiger partial charge in [-0.05, 0) is 6.07 Å². The maximum atomic E-state index is 11.7. The minimum absolute atomic E-state index is 0.117. The highest BCUT2D eigenvalue weighted by molar-refractivity contribution is 6.02. The van der Waals surface area contributed by atoms with E-state index in [1.165, 1.54) is 0 Å². The molecular weight excluding hydrogens is 256 g/mol. The van der Waals surface area contributed by atoms with Crippen molar-refractivity contribution >= 4 is 23.2 Å². The molecule has 0 bridgehead atoms. The van der Waals surface area contributed by atoms with Gasteiger partial charge in [-0.2, -0.15) is 4.98 Å². The van der Waals surface area contributed by atoms with Crippen LogP contribution in [0.4, 0.5) is 17.3 Å². The van der Waals surface area contributed by atoms with Crippen LogP contribution in [0.2, 0.25) is 0 Å². The lowest BCUT2D eigenvalue weighted by Crippen LogP contribution is -2.14. The molecule has 5 N–H and O–H groups in total. The van der Waals surface area contributed by atoms with Crippen LogP contribution in [0.15, 0.2) is 18.2 Å². The topological polar surface area (TPSA) is 160 Å². The zero-order chi connectivity index (χ0) is 14.0. The molecule has 19 heavy (non-hydrogen) atoms. The Balaban J connectivity index is 2.25. The molecule has 0 saturated carbocycles. The molecule has 2 aromatic rings. The van der Waals surface area contributed by atoms with E-state index in [1.54, 1.807) is 0 Å². The molecule has 10 heteroatoms. The fourth-order valence-electron chi connectivity index (χ4n) is 1.30. The monoisotopic (exact) mass is 264 g/mol. The summed E-state index contributed by atoms with van der Waals surface area (Å²) < 4.78 is 0. The van der Waals surface area contributed by atoms with E-state index in [2.05, 4.69) is 20.5 Å². The second kappa shape index (κ2) is 4.60. The van der Waals surface area contributed by atoms with Crippen LogP contribution in [0.25, 0.3) is 0 Å². The molecule has 1 amide bonds. The van der Waals surface area contributed by atoms with Gasteiger partial charge in [0.2, 0.25) is 11.8 Å². The van der Waals surface area contributed by atoms with Crippen molar-refractivity contribution < 1.29 is 14.8 Å². The summed E-state index contributed by atoms with van der Waals surface area (Å²) in [6.45, 7) is 0. The van der Waals surface area contributed by atoms with E-state index >= 15 is 0 Å². The van der Waals surface area contributed by atoms with Gasteiger partial charge in [-0.1, -0.05) is 0 Å². The number of nitrogens with two attached hydrogens (primary N) is 1. The lowest BCUT2D eigenvalue weighted by molar-refractivity contribution is -0.384. The summed E-state index contributed by atoms with van der Waals surface area (Å²) >= 11 is 0. The second-order valence-electron chi connectivity index (χ2n) is 3.45. The molecule has 2 rings (SSSR count). The molecule has 1 aromatic heterocycles. The fourth-order valence-corrected chi connectivity index (χ4v) is 1.30. The summed E-state index contributed by atoms with van der Waals surface area (Å²) in [5.74, 6) is -1.34. The zero-order valence-electron chi connectivity index (χ0n) is 9.32. The number of aromatic amines is 1. The Morgan fingerprint density at radius 2 is 2.26 bits per heavy atom. The number of hydrogen-bond acceptors (Lipinski definition) is 7. The largest absolute Gasteiger partial charge is 0.506 e. The molecule has 0 atom stereocenters. The molecule has 1 heterocycles. The summed E-state index contributed by atoms with van der Waals surface area (Å²) in [7, 11) is 0. The standard InChI is InChI=1S/C9H8N6O4/c10-9-12-7(13-14-9)8(17)11-5-3-4(15(18)19)1-2-6(5)16/h1-3,16H,(H,11,17)(H3,10,12,13,14). The Hall–Kier alpha value is -3.17. The molecule has 98 valence electrons. The van der Waals surface area contributed by atoms with E-state index in [9.17, 15) is 20.0 Å². The summed E-state index contributed by atoms with van der Waals surface area (Å²) in [4.78, 5) is 25.2. The average Bonchev–Trinajstić information content (AvgIpc) is 2.78. The van der Waals surface area contributed by atoms with Crippen molar-refractivity contribution in [3.05, 3.63) is 34.1 Å². The number of aromatic nitrogens is 3. The quantitative estimate of drug-likeness (QED) is 0.351. The summed E-state index contributed by atoms with van der Waals surface area (Å²) in [6, 6.07) is 3.23. The van der Waals surface area contributed by atoms with Crippen molar-refractivity contribution in [2.45, 2.75) is 0 Å². The Bertz CT molecular complexity index is 652. The van der Waals surface area contributed by atoms with Crippen LogP contribution in [0.3, 0.4) is 0 Å². The molecule has 0 unspecified atom stereocenters. The number of benzene rings is 1. The van der Waals surface area contributed by atoms with Gasteiger partial charge in [-0.25, -0.2) is 0 Å². The van der Waals surface area contributed by atoms with Crippen LogP contribution in [0, 0.1) is 10.1 Å². The number of amides is 1. The van der Waals surface area contributed by atoms with Crippen LogP contribution in [-0.2, 0) is 0 Å². The van der Waals surface area contributed by atoms with E-state index in [1.807, 2.05) is 0 Å². The molecule has 0 aliphatic rings. The number of carbonyl (C=O) groups is 1. The van der Waals surface area contributed by atoms with Crippen molar-refractivity contribution in [3.63, 3.8) is 0 Å². The van der Waals surface area contributed by atoms with Gasteiger partial charge < -0.3 is 16.2 Å². The Kier molecular flexibility index (Phi) is 2.98. The number of non-ortho nitro benzene ring substituents is 1. The van der Waals surface area contributed by atoms with E-state index in [0.717, 1.165) is 18.2 Å². The number of aromatic hydroxyl groups is 1. The first-order chi connectivity index (χ1) is 8.97. The van der Waals surface area contributed by atoms with Gasteiger partial charge in [-0.3, -0.25) is 20.0 Å². The van der Waals surface area contributed by atoms with Crippen LogP contribution in [0.1, 0.15) is 10.6 Å². The van der Waals surface area contributed by atoms with Crippen LogP contribution < -0.4 is 11.1 Å². The predicted octanol–water partition coefficient (Wildman–Crippen LogP) is 0.253. The minimum atomic E-state index is -0.736. The minimum Gasteiger partial charge on any atom is -0.506 e. The number of nitro groups is 1. The van der Waals surface area contributed by atoms with Crippen molar-refractivity contribution in [3.8, 4) is 5.75 Å². The lowest BCUT2D eigenvalue weighted by Gasteiger charge is -2.05. The number of anilines is 2. The van der Waals surface area contributed by atoms with Crippen LogP contribution in [0.5, 0.6) is 5.75 Å². The maximum Gasteiger partial charge on any atom is 0.293 e. The first-order valence-corrected chi connectivity index (χ1v) is 4.94. The molecule has 0 fully saturated rings. The number of carbonyl (C=O) groups excluding carboxylic acids is 1. The number of nitrogen functional groups attached to an aromatic ring is 1. The smallest absolute Gasteiger partial charge is 0.293 e. The molecule has 0 saturated heterocycles. The SMILES string of the molecule is Nc1n[nH]c(C(=O)Nc2cc([N+](=O)[O-])ccc2O)n1. The van der Waals surface area contributed by atoms with Crippen molar-refractivity contribution in [2.24, 2.45) is 0 Å². The van der Waals surface area contributed by atoms with Crippen molar-refractivity contribution in [1.82, 2.24) is 15.2 Å². The zero-order valence-corrected chi connectivity index (χ0v) is 9.32. The van der Waals surface area contributed by atoms with Gasteiger partial charge in [0.15, 0.2) is 0 Å².